The first-order chi connectivity index (χ1) is 11.6. The largest absolute Gasteiger partial charge is 0.277 e. The van der Waals surface area contributed by atoms with Crippen molar-refractivity contribution in [2.45, 2.75) is 6.92 Å². The van der Waals surface area contributed by atoms with E-state index in [-0.39, 0.29) is 5.69 Å². The number of aromatic amines is 1. The fourth-order valence-corrected chi connectivity index (χ4v) is 2.95. The molecule has 2 heterocycles. The number of nitriles is 1. The van der Waals surface area contributed by atoms with Crippen molar-refractivity contribution < 1.29 is 4.92 Å². The van der Waals surface area contributed by atoms with Crippen LogP contribution < -0.4 is 0 Å². The van der Waals surface area contributed by atoms with Gasteiger partial charge in [-0.1, -0.05) is 12.1 Å². The van der Waals surface area contributed by atoms with Crippen LogP contribution in [0.4, 0.5) is 5.69 Å². The average molecular weight is 337 g/mol. The third-order valence-electron chi connectivity index (χ3n) is 3.28. The first kappa shape index (κ1) is 15.6. The van der Waals surface area contributed by atoms with E-state index < -0.39 is 4.92 Å². The number of aromatic nitrogens is 3. The van der Waals surface area contributed by atoms with Gasteiger partial charge in [-0.25, -0.2) is 4.98 Å². The van der Waals surface area contributed by atoms with Crippen LogP contribution in [-0.2, 0) is 0 Å². The van der Waals surface area contributed by atoms with Crippen LogP contribution >= 0.6 is 11.3 Å². The zero-order chi connectivity index (χ0) is 17.1. The molecule has 0 radical (unpaired) electrons. The van der Waals surface area contributed by atoms with E-state index in [9.17, 15) is 15.4 Å². The predicted molar refractivity (Wildman–Crippen MR) is 91.0 cm³/mol. The van der Waals surface area contributed by atoms with Gasteiger partial charge in [-0.15, -0.1) is 11.3 Å². The zero-order valence-electron chi connectivity index (χ0n) is 12.6. The lowest BCUT2D eigenvalue weighted by molar-refractivity contribution is -0.384. The highest BCUT2D eigenvalue weighted by Crippen LogP contribution is 2.28. The van der Waals surface area contributed by atoms with E-state index in [0.29, 0.717) is 27.4 Å². The van der Waals surface area contributed by atoms with E-state index in [0.717, 1.165) is 5.69 Å². The van der Waals surface area contributed by atoms with Crippen LogP contribution in [0.5, 0.6) is 0 Å². The lowest BCUT2D eigenvalue weighted by Gasteiger charge is -2.01. The Kier molecular flexibility index (Phi) is 4.18. The molecule has 7 nitrogen and oxygen atoms in total. The molecule has 0 saturated carbocycles. The number of aryl methyl sites for hydroxylation is 1. The number of nitro benzene ring substituents is 1. The SMILES string of the molecule is Cc1csc(/C(C#N)=C\c2cn[nH]c2-c2cccc([N+](=O)[O-])c2)n1. The van der Waals surface area contributed by atoms with E-state index in [1.165, 1.54) is 23.5 Å². The van der Waals surface area contributed by atoms with Crippen LogP contribution in [-0.4, -0.2) is 20.1 Å². The molecular weight excluding hydrogens is 326 g/mol. The van der Waals surface area contributed by atoms with Crippen LogP contribution in [0.3, 0.4) is 0 Å². The van der Waals surface area contributed by atoms with Crippen LogP contribution in [0.25, 0.3) is 22.9 Å². The number of benzene rings is 1. The Bertz CT molecular complexity index is 980. The molecule has 2 aromatic heterocycles. The Balaban J connectivity index is 2.05. The van der Waals surface area contributed by atoms with E-state index in [1.54, 1.807) is 24.4 Å². The molecule has 0 amide bonds. The number of H-pyrrole nitrogens is 1. The molecule has 1 aromatic carbocycles. The van der Waals surface area contributed by atoms with E-state index in [4.69, 9.17) is 0 Å². The van der Waals surface area contributed by atoms with Gasteiger partial charge in [0.1, 0.15) is 11.1 Å². The van der Waals surface area contributed by atoms with Gasteiger partial charge < -0.3 is 0 Å². The van der Waals surface area contributed by atoms with Crippen LogP contribution in [0, 0.1) is 28.4 Å². The minimum atomic E-state index is -0.450. The molecule has 8 heteroatoms. The summed E-state index contributed by atoms with van der Waals surface area (Å²) < 4.78 is 0. The molecule has 0 aliphatic heterocycles. The van der Waals surface area contributed by atoms with Crippen LogP contribution in [0.15, 0.2) is 35.8 Å². The molecule has 0 saturated heterocycles. The number of non-ortho nitro benzene ring substituents is 1. The number of rotatable bonds is 4. The lowest BCUT2D eigenvalue weighted by atomic mass is 10.1. The van der Waals surface area contributed by atoms with Gasteiger partial charge in [0, 0.05) is 34.3 Å². The third kappa shape index (κ3) is 3.06. The molecular formula is C16H11N5O2S. The second-order valence-electron chi connectivity index (χ2n) is 4.97. The summed E-state index contributed by atoms with van der Waals surface area (Å²) in [5, 5.41) is 29.7. The van der Waals surface area contributed by atoms with Gasteiger partial charge in [0.2, 0.25) is 0 Å². The second-order valence-corrected chi connectivity index (χ2v) is 5.83. The Hall–Kier alpha value is -3.31. The molecule has 0 unspecified atom stereocenters. The maximum atomic E-state index is 10.9. The van der Waals surface area contributed by atoms with Crippen molar-refractivity contribution >= 4 is 28.7 Å². The smallest absolute Gasteiger partial charge is 0.270 e. The molecule has 0 aliphatic carbocycles. The van der Waals surface area contributed by atoms with Gasteiger partial charge in [0.25, 0.3) is 5.69 Å². The number of hydrogen-bond donors (Lipinski definition) is 1. The van der Waals surface area contributed by atoms with Gasteiger partial charge in [-0.3, -0.25) is 15.2 Å². The summed E-state index contributed by atoms with van der Waals surface area (Å²) in [7, 11) is 0. The fourth-order valence-electron chi connectivity index (χ4n) is 2.19. The van der Waals surface area contributed by atoms with Gasteiger partial charge in [-0.05, 0) is 13.0 Å². The average Bonchev–Trinajstić information content (AvgIpc) is 3.21. The van der Waals surface area contributed by atoms with Crippen molar-refractivity contribution in [3.63, 3.8) is 0 Å². The van der Waals surface area contributed by atoms with Gasteiger partial charge in [0.15, 0.2) is 0 Å². The highest BCUT2D eigenvalue weighted by molar-refractivity contribution is 7.11. The minimum absolute atomic E-state index is 0.00640. The number of nitrogens with one attached hydrogen (secondary N) is 1. The van der Waals surface area contributed by atoms with Crippen molar-refractivity contribution in [3.05, 3.63) is 62.2 Å². The Labute approximate surface area is 141 Å². The van der Waals surface area contributed by atoms with E-state index in [2.05, 4.69) is 21.3 Å². The minimum Gasteiger partial charge on any atom is -0.277 e. The summed E-state index contributed by atoms with van der Waals surface area (Å²) in [5.74, 6) is 0. The molecule has 0 fully saturated rings. The third-order valence-corrected chi connectivity index (χ3v) is 4.28. The summed E-state index contributed by atoms with van der Waals surface area (Å²) >= 11 is 1.39. The summed E-state index contributed by atoms with van der Waals surface area (Å²) in [6.07, 6.45) is 3.25. The molecule has 1 N–H and O–H groups in total. The van der Waals surface area contributed by atoms with Crippen molar-refractivity contribution in [1.82, 2.24) is 15.2 Å². The molecule has 0 aliphatic rings. The number of thiazole rings is 1. The molecule has 0 spiro atoms. The van der Waals surface area contributed by atoms with Gasteiger partial charge >= 0.3 is 0 Å². The van der Waals surface area contributed by atoms with Crippen molar-refractivity contribution in [2.24, 2.45) is 0 Å². The number of nitrogens with zero attached hydrogens (tertiary/aromatic N) is 4. The van der Waals surface area contributed by atoms with Gasteiger partial charge in [-0.2, -0.15) is 10.4 Å². The number of nitro groups is 1. The van der Waals surface area contributed by atoms with E-state index >= 15 is 0 Å². The number of allylic oxidation sites excluding steroid dienone is 1. The summed E-state index contributed by atoms with van der Waals surface area (Å²) in [6.45, 7) is 1.86. The van der Waals surface area contributed by atoms with Crippen molar-refractivity contribution in [2.75, 3.05) is 0 Å². The highest BCUT2D eigenvalue weighted by atomic mass is 32.1. The van der Waals surface area contributed by atoms with Gasteiger partial charge in [0.05, 0.1) is 22.4 Å². The molecule has 3 rings (SSSR count). The summed E-state index contributed by atoms with van der Waals surface area (Å²) in [5.41, 5.74) is 3.16. The fraction of sp³-hybridized carbons (Fsp3) is 0.0625. The first-order valence-corrected chi connectivity index (χ1v) is 7.79. The van der Waals surface area contributed by atoms with Crippen molar-refractivity contribution in [1.29, 1.82) is 5.26 Å². The molecule has 0 atom stereocenters. The monoisotopic (exact) mass is 337 g/mol. The second kappa shape index (κ2) is 6.44. The maximum absolute atomic E-state index is 10.9. The highest BCUT2D eigenvalue weighted by Gasteiger charge is 2.13. The molecule has 0 bridgehead atoms. The van der Waals surface area contributed by atoms with Crippen LogP contribution in [0.2, 0.25) is 0 Å². The molecule has 3 aromatic rings. The van der Waals surface area contributed by atoms with E-state index in [1.807, 2.05) is 12.3 Å². The Morgan fingerprint density at radius 3 is 3.00 bits per heavy atom. The normalized spacial score (nSPS) is 11.2. The summed E-state index contributed by atoms with van der Waals surface area (Å²) in [6, 6.07) is 8.38. The standard InChI is InChI=1S/C16H11N5O2S/c1-10-9-24-16(19-10)12(7-17)5-13-8-18-20-15(13)11-3-2-4-14(6-11)21(22)23/h2-6,8-9H,1H3,(H,18,20)/b12-5-. The Morgan fingerprint density at radius 1 is 1.50 bits per heavy atom. The lowest BCUT2D eigenvalue weighted by Crippen LogP contribution is -1.89. The summed E-state index contributed by atoms with van der Waals surface area (Å²) in [4.78, 5) is 14.8. The molecule has 24 heavy (non-hydrogen) atoms. The topological polar surface area (TPSA) is 108 Å². The quantitative estimate of drug-likeness (QED) is 0.442. The molecule has 118 valence electrons. The number of hydrogen-bond acceptors (Lipinski definition) is 6. The maximum Gasteiger partial charge on any atom is 0.270 e. The Morgan fingerprint density at radius 2 is 2.33 bits per heavy atom. The van der Waals surface area contributed by atoms with Crippen LogP contribution in [0.1, 0.15) is 16.3 Å². The zero-order valence-corrected chi connectivity index (χ0v) is 13.4. The van der Waals surface area contributed by atoms with Crippen molar-refractivity contribution in [3.8, 4) is 17.3 Å². The predicted octanol–water partition coefficient (Wildman–Crippen LogP) is 3.81. The first-order valence-electron chi connectivity index (χ1n) is 6.91.